The minimum atomic E-state index is -0.487. The quantitative estimate of drug-likeness (QED) is 0.113. The molecule has 66 heavy (non-hydrogen) atoms. The summed E-state index contributed by atoms with van der Waals surface area (Å²) in [6.07, 6.45) is 5.97. The maximum absolute atomic E-state index is 9.44. The largest absolute Gasteiger partial charge is 0.458 e. The first-order valence-electron chi connectivity index (χ1n) is 27.8. The molecule has 5 heteroatoms. The number of para-hydroxylation sites is 4. The van der Waals surface area contributed by atoms with Crippen LogP contribution in [0.15, 0.2) is 176 Å². The van der Waals surface area contributed by atoms with Crippen LogP contribution < -0.4 is 9.30 Å². The summed E-state index contributed by atoms with van der Waals surface area (Å²) >= 11 is 0. The molecule has 0 radical (unpaired) electrons. The highest BCUT2D eigenvalue weighted by Gasteiger charge is 2.25. The van der Waals surface area contributed by atoms with Gasteiger partial charge in [-0.1, -0.05) is 177 Å². The first kappa shape index (κ1) is 31.6. The summed E-state index contributed by atoms with van der Waals surface area (Å²) < 4.78 is 111. The van der Waals surface area contributed by atoms with Crippen LogP contribution in [0.25, 0.3) is 72.3 Å². The molecule has 0 aliphatic heterocycles. The van der Waals surface area contributed by atoms with Gasteiger partial charge in [0.25, 0.3) is 6.33 Å². The predicted molar refractivity (Wildman–Crippen MR) is 274 cm³/mol. The van der Waals surface area contributed by atoms with Crippen molar-refractivity contribution in [3.63, 3.8) is 0 Å². The number of nitrogens with zero attached hydrogens (tertiary/aromatic N) is 4. The molecule has 0 aliphatic rings. The van der Waals surface area contributed by atoms with Crippen LogP contribution in [0, 0.1) is 11.7 Å². The van der Waals surface area contributed by atoms with Crippen molar-refractivity contribution < 1.29 is 24.4 Å². The van der Waals surface area contributed by atoms with Gasteiger partial charge in [-0.15, -0.1) is 0 Å². The van der Waals surface area contributed by atoms with Crippen LogP contribution in [0.4, 0.5) is 0 Å². The van der Waals surface area contributed by atoms with Crippen LogP contribution >= 0.6 is 0 Å². The number of aromatic nitrogens is 4. The molecule has 0 unspecified atom stereocenters. The summed E-state index contributed by atoms with van der Waals surface area (Å²) in [6.45, 7) is 19.4. The van der Waals surface area contributed by atoms with Gasteiger partial charge in [-0.2, -0.15) is 0 Å². The summed E-state index contributed by atoms with van der Waals surface area (Å²) in [6, 6.07) is 28.3. The fourth-order valence-electron chi connectivity index (χ4n) is 8.64. The van der Waals surface area contributed by atoms with Crippen LogP contribution in [0.5, 0.6) is 11.5 Å². The van der Waals surface area contributed by atoms with Gasteiger partial charge in [0.05, 0.1) is 48.5 Å². The number of pyridine rings is 1. The lowest BCUT2D eigenvalue weighted by molar-refractivity contribution is -0.571. The number of ether oxygens (including phenoxy) is 1. The number of imidazole rings is 1. The van der Waals surface area contributed by atoms with Crippen molar-refractivity contribution in [2.24, 2.45) is 5.41 Å². The summed E-state index contributed by atoms with van der Waals surface area (Å²) in [7, 11) is 0. The molecule has 10 aromatic rings. The van der Waals surface area contributed by atoms with Gasteiger partial charge in [0.15, 0.2) is 0 Å². The summed E-state index contributed by atoms with van der Waals surface area (Å²) in [5.74, 6) is 0.696. The predicted octanol–water partition coefficient (Wildman–Crippen LogP) is 15.5. The van der Waals surface area contributed by atoms with Gasteiger partial charge in [-0.25, -0.2) is 4.98 Å². The number of rotatable bonds is 8. The van der Waals surface area contributed by atoms with Gasteiger partial charge in [-0.3, -0.25) is 13.7 Å². The highest BCUT2D eigenvalue weighted by Crippen LogP contribution is 2.40. The Morgan fingerprint density at radius 2 is 1.27 bits per heavy atom. The third-order valence-electron chi connectivity index (χ3n) is 11.9. The van der Waals surface area contributed by atoms with Gasteiger partial charge >= 0.3 is 0 Å². The summed E-state index contributed by atoms with van der Waals surface area (Å²) in [5.41, 5.74) is 7.72. The topological polar surface area (TPSA) is 35.9 Å². The second-order valence-corrected chi connectivity index (χ2v) is 20.2. The first-order chi connectivity index (χ1) is 36.2. The average molecular weight is 874 g/mol. The molecule has 328 valence electrons. The Balaban J connectivity index is 1.18. The van der Waals surface area contributed by atoms with E-state index in [1.165, 1.54) is 0 Å². The smallest absolute Gasteiger partial charge is 0.269 e. The molecule has 0 aliphatic carbocycles. The molecule has 0 amide bonds. The van der Waals surface area contributed by atoms with Crippen molar-refractivity contribution in [3.8, 4) is 50.9 Å². The molecule has 7 aromatic carbocycles. The molecule has 0 spiro atoms. The maximum Gasteiger partial charge on any atom is 0.269 e. The van der Waals surface area contributed by atoms with E-state index in [4.69, 9.17) is 19.3 Å². The van der Waals surface area contributed by atoms with E-state index in [2.05, 4.69) is 86.8 Å². The minimum absolute atomic E-state index is 0.00511. The van der Waals surface area contributed by atoms with E-state index in [9.17, 15) is 5.48 Å². The van der Waals surface area contributed by atoms with Crippen LogP contribution in [0.1, 0.15) is 94.1 Å². The van der Waals surface area contributed by atoms with Crippen molar-refractivity contribution in [1.82, 2.24) is 14.1 Å². The van der Waals surface area contributed by atoms with Gasteiger partial charge in [0.1, 0.15) is 17.3 Å². The molecule has 0 N–H and O–H groups in total. The monoisotopic (exact) mass is 874 g/mol. The molecule has 0 saturated carbocycles. The van der Waals surface area contributed by atoms with E-state index in [1.54, 1.807) is 41.1 Å². The molecule has 3 aromatic heterocycles. The van der Waals surface area contributed by atoms with E-state index >= 15 is 0 Å². The van der Waals surface area contributed by atoms with E-state index in [-0.39, 0.29) is 80.1 Å². The third-order valence-corrected chi connectivity index (χ3v) is 11.9. The molecular formula is C61H58N4O. The SMILES string of the molecule is [2H]c1c([2H])c([2H])c(-c2cccc(-c3cc(C(C)(C)C)cc(C(C)(C)C)c3)c2-[n+]2[c-]n(-c3cccc(Oc4cc5c(c([2H])c4[2H])c4c([2H])c([2H])c([2H])c([2H])c4n5-c4cc(CC(C)(C)C)ccn4)c3)c3ccccc32)c([2H])c1[2H]. The second-order valence-electron chi connectivity index (χ2n) is 20.2. The Morgan fingerprint density at radius 3 is 2.02 bits per heavy atom. The van der Waals surface area contributed by atoms with Crippen LogP contribution in [-0.4, -0.2) is 14.1 Å². The number of hydrogen-bond acceptors (Lipinski definition) is 2. The van der Waals surface area contributed by atoms with Crippen molar-refractivity contribution in [2.45, 2.75) is 79.6 Å². The van der Waals surface area contributed by atoms with Crippen LogP contribution in [0.3, 0.4) is 0 Å². The third kappa shape index (κ3) is 8.19. The van der Waals surface area contributed by atoms with Crippen molar-refractivity contribution in [1.29, 1.82) is 0 Å². The Labute approximate surface area is 405 Å². The Bertz CT molecular complexity index is 4020. The van der Waals surface area contributed by atoms with Crippen molar-refractivity contribution in [2.75, 3.05) is 0 Å². The molecule has 0 bridgehead atoms. The Kier molecular flexibility index (Phi) is 7.82. The highest BCUT2D eigenvalue weighted by molar-refractivity contribution is 6.09. The van der Waals surface area contributed by atoms with Gasteiger partial charge in [0.2, 0.25) is 0 Å². The van der Waals surface area contributed by atoms with Crippen molar-refractivity contribution >= 4 is 32.8 Å². The number of hydrogen-bond donors (Lipinski definition) is 0. The highest BCUT2D eigenvalue weighted by atomic mass is 16.5. The van der Waals surface area contributed by atoms with Crippen LogP contribution in [-0.2, 0) is 17.3 Å². The molecule has 10 rings (SSSR count). The lowest BCUT2D eigenvalue weighted by Gasteiger charge is -2.27. The van der Waals surface area contributed by atoms with E-state index in [0.29, 0.717) is 51.5 Å². The van der Waals surface area contributed by atoms with E-state index in [0.717, 1.165) is 27.8 Å². The number of benzene rings is 7. The summed E-state index contributed by atoms with van der Waals surface area (Å²) in [4.78, 5) is 4.70. The number of fused-ring (bicyclic) bond motifs is 4. The first-order valence-corrected chi connectivity index (χ1v) is 22.3. The molecule has 0 saturated heterocycles. The van der Waals surface area contributed by atoms with E-state index in [1.807, 2.05) is 63.7 Å². The molecular weight excluding hydrogens is 805 g/mol. The summed E-state index contributed by atoms with van der Waals surface area (Å²) in [5, 5.41) is 0.277. The Morgan fingerprint density at radius 1 is 0.591 bits per heavy atom. The van der Waals surface area contributed by atoms with Gasteiger partial charge in [-0.05, 0) is 110 Å². The average Bonchev–Trinajstić information content (AvgIpc) is 4.19. The van der Waals surface area contributed by atoms with Crippen molar-refractivity contribution in [3.05, 3.63) is 199 Å². The Hall–Kier alpha value is -7.24. The fourth-order valence-corrected chi connectivity index (χ4v) is 8.64. The van der Waals surface area contributed by atoms with Gasteiger partial charge < -0.3 is 4.74 Å². The lowest BCUT2D eigenvalue weighted by Crippen LogP contribution is -2.31. The zero-order valence-corrected chi connectivity index (χ0v) is 38.8. The molecule has 3 heterocycles. The van der Waals surface area contributed by atoms with Crippen LogP contribution in [0.2, 0.25) is 0 Å². The maximum atomic E-state index is 9.44. The minimum Gasteiger partial charge on any atom is -0.458 e. The standard InChI is InChI=1S/C61H58N4O/c1-59(2,3)39-41-31-32-62-57(33-41)65-53-26-14-13-23-51(53)52-30-29-48(38-56(52)65)66-47-22-17-21-46(37-47)63-40-64(55-28-16-15-27-54(55)63)58-49(42-19-11-10-12-20-42)24-18-25-50(58)43-34-44(60(4,5)6)36-45(35-43)61(7,8)9/h10-38H,39H2,1-9H3/i10D,11D,12D,13D,14D,19D,20D,23D,26D,29D,30D. The van der Waals surface area contributed by atoms with E-state index < -0.39 is 30.2 Å². The zero-order valence-electron chi connectivity index (χ0n) is 49.8. The van der Waals surface area contributed by atoms with Gasteiger partial charge in [0, 0.05) is 23.0 Å². The normalized spacial score (nSPS) is 14.7. The molecule has 5 nitrogen and oxygen atoms in total. The second kappa shape index (κ2) is 16.3. The molecule has 0 fully saturated rings. The molecule has 0 atom stereocenters. The zero-order chi connectivity index (χ0) is 55.5. The lowest BCUT2D eigenvalue weighted by atomic mass is 9.78. The fraction of sp³-hybridized carbons (Fsp3) is 0.213.